The number of benzene rings is 1. The van der Waals surface area contributed by atoms with Gasteiger partial charge in [-0.25, -0.2) is 4.63 Å². The summed E-state index contributed by atoms with van der Waals surface area (Å²) < 4.78 is 43.9. The van der Waals surface area contributed by atoms with Gasteiger partial charge in [0.25, 0.3) is 0 Å². The Bertz CT molecular complexity index is 882. The largest absolute Gasteiger partial charge is 0.414 e. The first-order valence-corrected chi connectivity index (χ1v) is 9.05. The van der Waals surface area contributed by atoms with E-state index in [0.29, 0.717) is 11.0 Å². The number of alkyl halides is 3. The van der Waals surface area contributed by atoms with Gasteiger partial charge in [0.1, 0.15) is 5.52 Å². The van der Waals surface area contributed by atoms with E-state index in [1.165, 1.54) is 0 Å². The van der Waals surface area contributed by atoms with Gasteiger partial charge in [-0.3, -0.25) is 0 Å². The number of allylic oxidation sites excluding steroid dienone is 4. The van der Waals surface area contributed by atoms with E-state index < -0.39 is 18.2 Å². The fraction of sp³-hybridized carbons (Fsp3) is 0.474. The lowest BCUT2D eigenvalue weighted by Crippen LogP contribution is -2.35. The number of anilines is 1. The minimum Gasteiger partial charge on any atom is -0.383 e. The Hall–Kier alpha value is -2.35. The third-order valence-corrected chi connectivity index (χ3v) is 5.29. The van der Waals surface area contributed by atoms with Crippen LogP contribution in [0.5, 0.6) is 0 Å². The van der Waals surface area contributed by atoms with Crippen molar-refractivity contribution in [3.05, 3.63) is 35.9 Å². The molecule has 1 aliphatic heterocycles. The molecule has 0 spiro atoms. The number of nitrogens with zero attached hydrogens (tertiary/aromatic N) is 3. The Morgan fingerprint density at radius 1 is 1.19 bits per heavy atom. The van der Waals surface area contributed by atoms with Gasteiger partial charge in [0.05, 0.1) is 5.69 Å². The van der Waals surface area contributed by atoms with E-state index in [2.05, 4.69) is 15.2 Å². The molecule has 1 fully saturated rings. The normalized spacial score (nSPS) is 22.1. The van der Waals surface area contributed by atoms with Crippen LogP contribution in [0.1, 0.15) is 31.2 Å². The van der Waals surface area contributed by atoms with Gasteiger partial charge in [-0.05, 0) is 59.3 Å². The molecular weight excluding hydrogens is 359 g/mol. The molecule has 1 aromatic heterocycles. The van der Waals surface area contributed by atoms with Crippen LogP contribution in [-0.2, 0) is 0 Å². The Morgan fingerprint density at radius 2 is 1.96 bits per heavy atom. The number of hydrogen-bond acceptors (Lipinski definition) is 5. The molecule has 4 rings (SSSR count). The minimum atomic E-state index is -4.63. The highest BCUT2D eigenvalue weighted by molar-refractivity contribution is 5.91. The topological polar surface area (TPSA) is 62.4 Å². The molecule has 144 valence electrons. The Labute approximate surface area is 154 Å². The highest BCUT2D eigenvalue weighted by Gasteiger charge is 2.43. The standard InChI is InChI=1S/C19H20F3N3O2/c20-19(21,22)18(26)13-6-2-1-5-12(9-13)14-10-15-17(24-27-23-15)16(11-14)25-7-3-4-8-25/h1-2,5,10-11,13,18,26H,3-4,6-9H2/t13-,18?/m1/s1. The summed E-state index contributed by atoms with van der Waals surface area (Å²) in [4.78, 5) is 2.20. The number of aliphatic hydroxyl groups is 1. The van der Waals surface area contributed by atoms with E-state index in [1.54, 1.807) is 18.2 Å². The predicted octanol–water partition coefficient (Wildman–Crippen LogP) is 4.10. The van der Waals surface area contributed by atoms with Crippen LogP contribution < -0.4 is 4.90 Å². The van der Waals surface area contributed by atoms with Crippen molar-refractivity contribution >= 4 is 22.3 Å². The first-order chi connectivity index (χ1) is 12.9. The molecule has 1 aromatic carbocycles. The van der Waals surface area contributed by atoms with E-state index in [0.717, 1.165) is 42.8 Å². The van der Waals surface area contributed by atoms with Crippen molar-refractivity contribution in [2.75, 3.05) is 18.0 Å². The van der Waals surface area contributed by atoms with Crippen molar-refractivity contribution in [2.45, 2.75) is 38.0 Å². The quantitative estimate of drug-likeness (QED) is 0.870. The molecular formula is C19H20F3N3O2. The highest BCUT2D eigenvalue weighted by atomic mass is 19.4. The van der Waals surface area contributed by atoms with Crippen LogP contribution in [0.15, 0.2) is 35.0 Å². The molecule has 27 heavy (non-hydrogen) atoms. The second-order valence-corrected chi connectivity index (χ2v) is 7.13. The first kappa shape index (κ1) is 18.0. The van der Waals surface area contributed by atoms with E-state index in [-0.39, 0.29) is 12.8 Å². The molecule has 0 saturated carbocycles. The van der Waals surface area contributed by atoms with Gasteiger partial charge >= 0.3 is 6.18 Å². The molecule has 1 unspecified atom stereocenters. The summed E-state index contributed by atoms with van der Waals surface area (Å²) in [6.45, 7) is 1.81. The first-order valence-electron chi connectivity index (χ1n) is 9.05. The third kappa shape index (κ3) is 3.58. The van der Waals surface area contributed by atoms with Crippen LogP contribution in [0.25, 0.3) is 16.6 Å². The molecule has 2 aliphatic rings. The van der Waals surface area contributed by atoms with Crippen LogP contribution in [0.2, 0.25) is 0 Å². The number of rotatable bonds is 3. The minimum absolute atomic E-state index is 0.129. The van der Waals surface area contributed by atoms with Crippen molar-refractivity contribution in [3.8, 4) is 0 Å². The zero-order chi connectivity index (χ0) is 19.0. The summed E-state index contributed by atoms with van der Waals surface area (Å²) in [5.41, 5.74) is 3.66. The molecule has 5 nitrogen and oxygen atoms in total. The molecule has 0 bridgehead atoms. The average Bonchev–Trinajstić information content (AvgIpc) is 3.27. The Kier molecular flexibility index (Phi) is 4.67. The van der Waals surface area contributed by atoms with E-state index in [1.807, 2.05) is 12.1 Å². The van der Waals surface area contributed by atoms with Crippen LogP contribution in [0.4, 0.5) is 18.9 Å². The van der Waals surface area contributed by atoms with E-state index >= 15 is 0 Å². The smallest absolute Gasteiger partial charge is 0.383 e. The summed E-state index contributed by atoms with van der Waals surface area (Å²) in [7, 11) is 0. The summed E-state index contributed by atoms with van der Waals surface area (Å²) in [5, 5.41) is 17.7. The van der Waals surface area contributed by atoms with Gasteiger partial charge in [-0.15, -0.1) is 0 Å². The molecule has 8 heteroatoms. The van der Waals surface area contributed by atoms with Gasteiger partial charge < -0.3 is 10.0 Å². The van der Waals surface area contributed by atoms with Crippen molar-refractivity contribution < 1.29 is 22.9 Å². The van der Waals surface area contributed by atoms with Crippen molar-refractivity contribution in [2.24, 2.45) is 5.92 Å². The molecule has 2 heterocycles. The number of halogens is 3. The SMILES string of the molecule is OC([C@@H]1CC=CC=C(c2cc(N3CCCC3)c3nonc3c2)C1)C(F)(F)F. The van der Waals surface area contributed by atoms with Crippen LogP contribution >= 0.6 is 0 Å². The molecule has 1 saturated heterocycles. The predicted molar refractivity (Wildman–Crippen MR) is 95.2 cm³/mol. The second-order valence-electron chi connectivity index (χ2n) is 7.13. The molecule has 0 amide bonds. The molecule has 1 aliphatic carbocycles. The Morgan fingerprint density at radius 3 is 2.70 bits per heavy atom. The summed E-state index contributed by atoms with van der Waals surface area (Å²) >= 11 is 0. The number of aliphatic hydroxyl groups excluding tert-OH is 1. The maximum Gasteiger partial charge on any atom is 0.414 e. The highest BCUT2D eigenvalue weighted by Crippen LogP contribution is 2.38. The third-order valence-electron chi connectivity index (χ3n) is 5.29. The lowest BCUT2D eigenvalue weighted by Gasteiger charge is -2.25. The van der Waals surface area contributed by atoms with Gasteiger partial charge in [0, 0.05) is 19.0 Å². The zero-order valence-electron chi connectivity index (χ0n) is 14.6. The van der Waals surface area contributed by atoms with Crippen molar-refractivity contribution in [1.29, 1.82) is 0 Å². The Balaban J connectivity index is 1.70. The lowest BCUT2D eigenvalue weighted by atomic mass is 9.88. The van der Waals surface area contributed by atoms with Crippen molar-refractivity contribution in [3.63, 3.8) is 0 Å². The maximum atomic E-state index is 13.0. The maximum absolute atomic E-state index is 13.0. The van der Waals surface area contributed by atoms with Gasteiger partial charge in [0.2, 0.25) is 0 Å². The summed E-state index contributed by atoms with van der Waals surface area (Å²) in [5.74, 6) is -0.920. The van der Waals surface area contributed by atoms with Crippen LogP contribution in [0.3, 0.4) is 0 Å². The molecule has 1 N–H and O–H groups in total. The lowest BCUT2D eigenvalue weighted by molar-refractivity contribution is -0.218. The van der Waals surface area contributed by atoms with Gasteiger partial charge in [-0.1, -0.05) is 18.2 Å². The second kappa shape index (κ2) is 6.99. The average molecular weight is 379 g/mol. The summed E-state index contributed by atoms with van der Waals surface area (Å²) in [6.07, 6.45) is 0.727. The summed E-state index contributed by atoms with van der Waals surface area (Å²) in [6, 6.07) is 3.73. The molecule has 0 radical (unpaired) electrons. The number of aromatic nitrogens is 2. The van der Waals surface area contributed by atoms with E-state index in [9.17, 15) is 18.3 Å². The zero-order valence-corrected chi connectivity index (χ0v) is 14.6. The molecule has 2 atom stereocenters. The van der Waals surface area contributed by atoms with Crippen LogP contribution in [-0.4, -0.2) is 40.8 Å². The molecule has 2 aromatic rings. The monoisotopic (exact) mass is 379 g/mol. The fourth-order valence-electron chi connectivity index (χ4n) is 3.85. The van der Waals surface area contributed by atoms with Gasteiger partial charge in [-0.2, -0.15) is 13.2 Å². The van der Waals surface area contributed by atoms with Crippen LogP contribution in [0, 0.1) is 5.92 Å². The fourth-order valence-corrected chi connectivity index (χ4v) is 3.85. The van der Waals surface area contributed by atoms with Crippen molar-refractivity contribution in [1.82, 2.24) is 10.3 Å². The number of hydrogen-bond donors (Lipinski definition) is 1. The van der Waals surface area contributed by atoms with E-state index in [4.69, 9.17) is 4.63 Å². The number of fused-ring (bicyclic) bond motifs is 1. The van der Waals surface area contributed by atoms with Gasteiger partial charge in [0.15, 0.2) is 11.6 Å².